The second-order valence-corrected chi connectivity index (χ2v) is 6.94. The molecule has 1 N–H and O–H groups in total. The molecule has 0 aliphatic carbocycles. The topological polar surface area (TPSA) is 67.1 Å². The van der Waals surface area contributed by atoms with Gasteiger partial charge in [0.05, 0.1) is 6.54 Å². The van der Waals surface area contributed by atoms with E-state index >= 15 is 0 Å². The molecule has 1 atom stereocenters. The molecule has 6 nitrogen and oxygen atoms in total. The highest BCUT2D eigenvalue weighted by Gasteiger charge is 2.28. The SMILES string of the molecule is Cc1nnc(CN2CCC(C(O)c3nccn3C)CC2)s1. The van der Waals surface area contributed by atoms with Crippen LogP contribution < -0.4 is 0 Å². The summed E-state index contributed by atoms with van der Waals surface area (Å²) in [4.78, 5) is 6.65. The van der Waals surface area contributed by atoms with Gasteiger partial charge in [0.1, 0.15) is 21.9 Å². The van der Waals surface area contributed by atoms with Gasteiger partial charge in [-0.05, 0) is 38.8 Å². The van der Waals surface area contributed by atoms with Gasteiger partial charge < -0.3 is 9.67 Å². The largest absolute Gasteiger partial charge is 0.385 e. The molecule has 114 valence electrons. The second-order valence-electron chi connectivity index (χ2n) is 5.67. The average molecular weight is 307 g/mol. The van der Waals surface area contributed by atoms with E-state index < -0.39 is 6.10 Å². The Morgan fingerprint density at radius 2 is 2.14 bits per heavy atom. The zero-order chi connectivity index (χ0) is 14.8. The minimum Gasteiger partial charge on any atom is -0.385 e. The highest BCUT2D eigenvalue weighted by molar-refractivity contribution is 7.11. The van der Waals surface area contributed by atoms with Crippen LogP contribution in [0.25, 0.3) is 0 Å². The summed E-state index contributed by atoms with van der Waals surface area (Å²) < 4.78 is 1.90. The number of hydrogen-bond acceptors (Lipinski definition) is 6. The van der Waals surface area contributed by atoms with Gasteiger partial charge in [-0.2, -0.15) is 0 Å². The van der Waals surface area contributed by atoms with Gasteiger partial charge in [0.2, 0.25) is 0 Å². The van der Waals surface area contributed by atoms with E-state index in [1.165, 1.54) is 0 Å². The molecule has 21 heavy (non-hydrogen) atoms. The standard InChI is InChI=1S/C14H21N5OS/c1-10-16-17-12(21-10)9-19-6-3-11(4-7-19)13(20)14-15-5-8-18(14)2/h5,8,11,13,20H,3-4,6-7,9H2,1-2H3. The predicted molar refractivity (Wildman–Crippen MR) is 80.8 cm³/mol. The predicted octanol–water partition coefficient (Wildman–Crippen LogP) is 1.53. The van der Waals surface area contributed by atoms with Crippen LogP contribution in [0.2, 0.25) is 0 Å². The minimum atomic E-state index is -0.462. The number of aliphatic hydroxyl groups excluding tert-OH is 1. The molecule has 2 aromatic heterocycles. The van der Waals surface area contributed by atoms with Gasteiger partial charge >= 0.3 is 0 Å². The Bertz CT molecular complexity index is 588. The van der Waals surface area contributed by atoms with Crippen LogP contribution >= 0.6 is 11.3 Å². The number of aryl methyl sites for hydroxylation is 2. The second kappa shape index (κ2) is 6.21. The fraction of sp³-hybridized carbons (Fsp3) is 0.643. The van der Waals surface area contributed by atoms with E-state index in [1.807, 2.05) is 24.7 Å². The van der Waals surface area contributed by atoms with E-state index in [2.05, 4.69) is 20.1 Å². The van der Waals surface area contributed by atoms with E-state index in [1.54, 1.807) is 17.5 Å². The smallest absolute Gasteiger partial charge is 0.137 e. The lowest BCUT2D eigenvalue weighted by Gasteiger charge is -2.33. The Labute approximate surface area is 128 Å². The molecule has 0 aromatic carbocycles. The summed E-state index contributed by atoms with van der Waals surface area (Å²) in [7, 11) is 1.93. The maximum absolute atomic E-state index is 10.5. The maximum atomic E-state index is 10.5. The minimum absolute atomic E-state index is 0.290. The van der Waals surface area contributed by atoms with Crippen LogP contribution in [0.5, 0.6) is 0 Å². The van der Waals surface area contributed by atoms with Crippen LogP contribution in [-0.2, 0) is 13.6 Å². The van der Waals surface area contributed by atoms with E-state index in [-0.39, 0.29) is 0 Å². The molecule has 1 aliphatic heterocycles. The number of imidazole rings is 1. The summed E-state index contributed by atoms with van der Waals surface area (Å²) in [6.45, 7) is 4.84. The van der Waals surface area contributed by atoms with Gasteiger partial charge in [-0.15, -0.1) is 21.5 Å². The van der Waals surface area contributed by atoms with E-state index in [9.17, 15) is 5.11 Å². The van der Waals surface area contributed by atoms with Crippen molar-refractivity contribution >= 4 is 11.3 Å². The van der Waals surface area contributed by atoms with Crippen molar-refractivity contribution in [3.8, 4) is 0 Å². The summed E-state index contributed by atoms with van der Waals surface area (Å²) >= 11 is 1.66. The maximum Gasteiger partial charge on any atom is 0.137 e. The molecule has 2 aromatic rings. The number of nitrogens with zero attached hydrogens (tertiary/aromatic N) is 5. The van der Waals surface area contributed by atoms with Crippen LogP contribution in [-0.4, -0.2) is 42.8 Å². The van der Waals surface area contributed by atoms with Crippen LogP contribution in [0, 0.1) is 12.8 Å². The van der Waals surface area contributed by atoms with Gasteiger partial charge in [0, 0.05) is 19.4 Å². The van der Waals surface area contributed by atoms with E-state index in [0.717, 1.165) is 48.3 Å². The monoisotopic (exact) mass is 307 g/mol. The molecule has 0 spiro atoms. The molecular formula is C14H21N5OS. The number of aromatic nitrogens is 4. The zero-order valence-electron chi connectivity index (χ0n) is 12.4. The molecule has 3 heterocycles. The molecule has 0 amide bonds. The first-order chi connectivity index (χ1) is 10.1. The van der Waals surface area contributed by atoms with Gasteiger partial charge in [0.25, 0.3) is 0 Å². The fourth-order valence-corrected chi connectivity index (χ4v) is 3.64. The summed E-state index contributed by atoms with van der Waals surface area (Å²) in [6, 6.07) is 0. The fourth-order valence-electron chi connectivity index (χ4n) is 2.89. The summed E-state index contributed by atoms with van der Waals surface area (Å²) in [5.41, 5.74) is 0. The lowest BCUT2D eigenvalue weighted by Crippen LogP contribution is -2.35. The van der Waals surface area contributed by atoms with Crippen LogP contribution in [0.4, 0.5) is 0 Å². The highest BCUT2D eigenvalue weighted by Crippen LogP contribution is 2.30. The van der Waals surface area contributed by atoms with Gasteiger partial charge in [0.15, 0.2) is 0 Å². The summed E-state index contributed by atoms with van der Waals surface area (Å²) in [6.07, 6.45) is 5.14. The Morgan fingerprint density at radius 1 is 1.38 bits per heavy atom. The number of rotatable bonds is 4. The average Bonchev–Trinajstić information content (AvgIpc) is 3.08. The number of hydrogen-bond donors (Lipinski definition) is 1. The zero-order valence-corrected chi connectivity index (χ0v) is 13.3. The quantitative estimate of drug-likeness (QED) is 0.928. The summed E-state index contributed by atoms with van der Waals surface area (Å²) in [5, 5.41) is 20.8. The van der Waals surface area contributed by atoms with Crippen LogP contribution in [0.3, 0.4) is 0 Å². The van der Waals surface area contributed by atoms with Crippen molar-refractivity contribution in [1.82, 2.24) is 24.6 Å². The van der Waals surface area contributed by atoms with Crippen LogP contribution in [0.1, 0.15) is 34.8 Å². The first kappa shape index (κ1) is 14.6. The Morgan fingerprint density at radius 3 is 2.71 bits per heavy atom. The van der Waals surface area contributed by atoms with Crippen molar-refractivity contribution in [2.75, 3.05) is 13.1 Å². The van der Waals surface area contributed by atoms with Crippen molar-refractivity contribution in [2.24, 2.45) is 13.0 Å². The Kier molecular flexibility index (Phi) is 4.32. The highest BCUT2D eigenvalue weighted by atomic mass is 32.1. The molecular weight excluding hydrogens is 286 g/mol. The van der Waals surface area contributed by atoms with E-state index in [4.69, 9.17) is 0 Å². The van der Waals surface area contributed by atoms with E-state index in [0.29, 0.717) is 5.92 Å². The third kappa shape index (κ3) is 3.30. The first-order valence-electron chi connectivity index (χ1n) is 7.30. The van der Waals surface area contributed by atoms with Crippen molar-refractivity contribution in [1.29, 1.82) is 0 Å². The molecule has 7 heteroatoms. The lowest BCUT2D eigenvalue weighted by atomic mass is 9.91. The molecule has 0 radical (unpaired) electrons. The molecule has 0 bridgehead atoms. The lowest BCUT2D eigenvalue weighted by molar-refractivity contribution is 0.0491. The van der Waals surface area contributed by atoms with Crippen molar-refractivity contribution in [3.05, 3.63) is 28.2 Å². The third-order valence-corrected chi connectivity index (χ3v) is 4.95. The molecule has 1 saturated heterocycles. The molecule has 1 aliphatic rings. The van der Waals surface area contributed by atoms with Crippen molar-refractivity contribution in [3.63, 3.8) is 0 Å². The van der Waals surface area contributed by atoms with Crippen molar-refractivity contribution in [2.45, 2.75) is 32.4 Å². The Hall–Kier alpha value is -1.31. The van der Waals surface area contributed by atoms with Crippen LogP contribution in [0.15, 0.2) is 12.4 Å². The summed E-state index contributed by atoms with van der Waals surface area (Å²) in [5.74, 6) is 1.06. The molecule has 0 saturated carbocycles. The molecule has 1 unspecified atom stereocenters. The molecule has 1 fully saturated rings. The number of likely N-dealkylation sites (tertiary alicyclic amines) is 1. The van der Waals surface area contributed by atoms with Gasteiger partial charge in [-0.25, -0.2) is 4.98 Å². The van der Waals surface area contributed by atoms with Crippen molar-refractivity contribution < 1.29 is 5.11 Å². The first-order valence-corrected chi connectivity index (χ1v) is 8.12. The number of piperidine rings is 1. The molecule has 3 rings (SSSR count). The Balaban J connectivity index is 1.54. The normalized spacial score (nSPS) is 19.0. The number of aliphatic hydroxyl groups is 1. The third-order valence-electron chi connectivity index (χ3n) is 4.13. The van der Waals surface area contributed by atoms with Gasteiger partial charge in [-0.1, -0.05) is 0 Å². The van der Waals surface area contributed by atoms with Gasteiger partial charge in [-0.3, -0.25) is 4.90 Å².